The summed E-state index contributed by atoms with van der Waals surface area (Å²) in [6.07, 6.45) is 0.901. The minimum atomic E-state index is -0.485. The molecule has 130 valence electrons. The van der Waals surface area contributed by atoms with Crippen LogP contribution in [0.1, 0.15) is 40.0 Å². The van der Waals surface area contributed by atoms with E-state index in [0.29, 0.717) is 39.2 Å². The standard InChI is InChI=1S/C15H29NO6/c1-15(2,3)22-13(17)7-5-10-21-14(18)16-8-6-9-20-12-11-19-4/h5-12H2,1-4H3,(H,16,18). The van der Waals surface area contributed by atoms with E-state index in [9.17, 15) is 9.59 Å². The molecule has 0 bridgehead atoms. The zero-order valence-electron chi connectivity index (χ0n) is 14.1. The van der Waals surface area contributed by atoms with E-state index in [1.54, 1.807) is 7.11 Å². The number of amides is 1. The highest BCUT2D eigenvalue weighted by Crippen LogP contribution is 2.09. The smallest absolute Gasteiger partial charge is 0.407 e. The Morgan fingerprint density at radius 1 is 1.00 bits per heavy atom. The van der Waals surface area contributed by atoms with E-state index in [-0.39, 0.29) is 19.0 Å². The van der Waals surface area contributed by atoms with Gasteiger partial charge in [-0.15, -0.1) is 0 Å². The number of carbonyl (C=O) groups is 2. The Hall–Kier alpha value is -1.34. The van der Waals surface area contributed by atoms with Crippen molar-refractivity contribution in [2.45, 2.75) is 45.6 Å². The third-order valence-corrected chi connectivity index (χ3v) is 2.35. The molecule has 0 radical (unpaired) electrons. The fourth-order valence-corrected chi connectivity index (χ4v) is 1.43. The molecule has 22 heavy (non-hydrogen) atoms. The van der Waals surface area contributed by atoms with Crippen molar-refractivity contribution in [1.82, 2.24) is 5.32 Å². The van der Waals surface area contributed by atoms with Gasteiger partial charge in [-0.2, -0.15) is 0 Å². The maximum Gasteiger partial charge on any atom is 0.407 e. The molecule has 0 aliphatic heterocycles. The van der Waals surface area contributed by atoms with Crippen molar-refractivity contribution in [2.75, 3.05) is 40.1 Å². The zero-order valence-corrected chi connectivity index (χ0v) is 14.1. The Labute approximate surface area is 132 Å². The first kappa shape index (κ1) is 20.7. The molecule has 7 heteroatoms. The van der Waals surface area contributed by atoms with Crippen molar-refractivity contribution in [2.24, 2.45) is 0 Å². The SMILES string of the molecule is COCCOCCCNC(=O)OCCCC(=O)OC(C)(C)C. The second-order valence-corrected chi connectivity index (χ2v) is 5.71. The number of hydrogen-bond acceptors (Lipinski definition) is 6. The minimum absolute atomic E-state index is 0.190. The lowest BCUT2D eigenvalue weighted by atomic mass is 10.2. The van der Waals surface area contributed by atoms with Crippen LogP contribution >= 0.6 is 0 Å². The minimum Gasteiger partial charge on any atom is -0.460 e. The highest BCUT2D eigenvalue weighted by Gasteiger charge is 2.15. The lowest BCUT2D eigenvalue weighted by molar-refractivity contribution is -0.155. The number of hydrogen-bond donors (Lipinski definition) is 1. The summed E-state index contributed by atoms with van der Waals surface area (Å²) in [7, 11) is 1.61. The van der Waals surface area contributed by atoms with Crippen LogP contribution in [0.5, 0.6) is 0 Å². The van der Waals surface area contributed by atoms with Crippen LogP contribution in [-0.2, 0) is 23.7 Å². The Morgan fingerprint density at radius 2 is 1.73 bits per heavy atom. The third kappa shape index (κ3) is 15.1. The lowest BCUT2D eigenvalue weighted by Crippen LogP contribution is -2.27. The molecule has 1 amide bonds. The molecular weight excluding hydrogens is 290 g/mol. The van der Waals surface area contributed by atoms with E-state index >= 15 is 0 Å². The zero-order chi connectivity index (χ0) is 16.8. The Balaban J connectivity index is 3.41. The number of nitrogens with one attached hydrogen (secondary N) is 1. The summed E-state index contributed by atoms with van der Waals surface area (Å²) in [5, 5.41) is 2.61. The fraction of sp³-hybridized carbons (Fsp3) is 0.867. The van der Waals surface area contributed by atoms with Crippen LogP contribution in [-0.4, -0.2) is 57.7 Å². The molecule has 0 saturated carbocycles. The van der Waals surface area contributed by atoms with Crippen LogP contribution in [0.2, 0.25) is 0 Å². The van der Waals surface area contributed by atoms with Gasteiger partial charge in [-0.05, 0) is 33.6 Å². The molecule has 0 spiro atoms. The number of ether oxygens (including phenoxy) is 4. The summed E-state index contributed by atoms with van der Waals surface area (Å²) in [5.41, 5.74) is -0.485. The molecular formula is C15H29NO6. The number of carbonyl (C=O) groups excluding carboxylic acids is 2. The van der Waals surface area contributed by atoms with Crippen molar-refractivity contribution in [3.8, 4) is 0 Å². The van der Waals surface area contributed by atoms with Gasteiger partial charge in [-0.1, -0.05) is 0 Å². The van der Waals surface area contributed by atoms with Crippen LogP contribution in [0.3, 0.4) is 0 Å². The van der Waals surface area contributed by atoms with Crippen molar-refractivity contribution >= 4 is 12.1 Å². The molecule has 0 aliphatic rings. The summed E-state index contributed by atoms with van der Waals surface area (Å²) in [6, 6.07) is 0. The van der Waals surface area contributed by atoms with E-state index in [1.165, 1.54) is 0 Å². The average molecular weight is 319 g/mol. The molecule has 0 aromatic carbocycles. The monoisotopic (exact) mass is 319 g/mol. The van der Waals surface area contributed by atoms with Crippen LogP contribution in [0.4, 0.5) is 4.79 Å². The highest BCUT2D eigenvalue weighted by atomic mass is 16.6. The summed E-state index contributed by atoms with van der Waals surface area (Å²) in [6.45, 7) is 7.78. The largest absolute Gasteiger partial charge is 0.460 e. The van der Waals surface area contributed by atoms with E-state index in [2.05, 4.69) is 5.32 Å². The lowest BCUT2D eigenvalue weighted by Gasteiger charge is -2.19. The number of methoxy groups -OCH3 is 1. The summed E-state index contributed by atoms with van der Waals surface area (Å²) < 4.78 is 20.2. The van der Waals surface area contributed by atoms with Crippen LogP contribution in [0.15, 0.2) is 0 Å². The van der Waals surface area contributed by atoms with Gasteiger partial charge < -0.3 is 24.3 Å². The van der Waals surface area contributed by atoms with Gasteiger partial charge in [0.05, 0.1) is 19.8 Å². The van der Waals surface area contributed by atoms with E-state index in [1.807, 2.05) is 20.8 Å². The molecule has 0 unspecified atom stereocenters. The predicted molar refractivity (Wildman–Crippen MR) is 81.7 cm³/mol. The predicted octanol–water partition coefficient (Wildman–Crippen LogP) is 1.89. The summed E-state index contributed by atoms with van der Waals surface area (Å²) in [4.78, 5) is 22.8. The van der Waals surface area contributed by atoms with Gasteiger partial charge in [0.25, 0.3) is 0 Å². The maximum absolute atomic E-state index is 11.4. The van der Waals surface area contributed by atoms with Crippen LogP contribution in [0, 0.1) is 0 Å². The Kier molecular flexibility index (Phi) is 11.5. The fourth-order valence-electron chi connectivity index (χ4n) is 1.43. The molecule has 0 heterocycles. The second kappa shape index (κ2) is 12.2. The van der Waals surface area contributed by atoms with Gasteiger partial charge >= 0.3 is 12.1 Å². The first-order chi connectivity index (χ1) is 10.3. The maximum atomic E-state index is 11.4. The molecule has 0 aromatic rings. The van der Waals surface area contributed by atoms with E-state index in [4.69, 9.17) is 18.9 Å². The van der Waals surface area contributed by atoms with Crippen molar-refractivity contribution in [3.05, 3.63) is 0 Å². The van der Waals surface area contributed by atoms with Gasteiger partial charge in [-0.25, -0.2) is 4.79 Å². The molecule has 0 saturated heterocycles. The van der Waals surface area contributed by atoms with Crippen LogP contribution in [0.25, 0.3) is 0 Å². The molecule has 0 aromatic heterocycles. The summed E-state index contributed by atoms with van der Waals surface area (Å²) >= 11 is 0. The van der Waals surface area contributed by atoms with Gasteiger partial charge in [0.2, 0.25) is 0 Å². The second-order valence-electron chi connectivity index (χ2n) is 5.71. The molecule has 7 nitrogen and oxygen atoms in total. The molecule has 0 rings (SSSR count). The normalized spacial score (nSPS) is 11.1. The van der Waals surface area contributed by atoms with Gasteiger partial charge in [0.15, 0.2) is 0 Å². The Morgan fingerprint density at radius 3 is 2.36 bits per heavy atom. The summed E-state index contributed by atoms with van der Waals surface area (Å²) in [5.74, 6) is -0.287. The van der Waals surface area contributed by atoms with Gasteiger partial charge in [-0.3, -0.25) is 4.79 Å². The Bertz CT molecular complexity index is 314. The van der Waals surface area contributed by atoms with E-state index < -0.39 is 11.7 Å². The average Bonchev–Trinajstić information content (AvgIpc) is 2.41. The number of esters is 1. The topological polar surface area (TPSA) is 83.1 Å². The highest BCUT2D eigenvalue weighted by molar-refractivity contribution is 5.70. The van der Waals surface area contributed by atoms with Crippen LogP contribution < -0.4 is 5.32 Å². The first-order valence-corrected chi connectivity index (χ1v) is 7.54. The van der Waals surface area contributed by atoms with Crippen molar-refractivity contribution in [1.29, 1.82) is 0 Å². The molecule has 0 aliphatic carbocycles. The number of alkyl carbamates (subject to hydrolysis) is 1. The molecule has 0 atom stereocenters. The molecule has 1 N–H and O–H groups in total. The first-order valence-electron chi connectivity index (χ1n) is 7.54. The number of rotatable bonds is 11. The van der Waals surface area contributed by atoms with E-state index in [0.717, 1.165) is 0 Å². The van der Waals surface area contributed by atoms with Crippen molar-refractivity contribution < 1.29 is 28.5 Å². The third-order valence-electron chi connectivity index (χ3n) is 2.35. The molecule has 0 fully saturated rings. The van der Waals surface area contributed by atoms with Gasteiger partial charge in [0.1, 0.15) is 5.60 Å². The van der Waals surface area contributed by atoms with Gasteiger partial charge in [0, 0.05) is 26.7 Å². The van der Waals surface area contributed by atoms with Crippen molar-refractivity contribution in [3.63, 3.8) is 0 Å². The quantitative estimate of drug-likeness (QED) is 0.462.